The van der Waals surface area contributed by atoms with Gasteiger partial charge in [-0.05, 0) is 12.1 Å². The molecule has 0 aliphatic rings. The molecule has 1 aromatic rings. The fraction of sp³-hybridized carbons (Fsp3) is 0.400. The van der Waals surface area contributed by atoms with Crippen molar-refractivity contribution >= 4 is 17.5 Å². The van der Waals surface area contributed by atoms with E-state index in [2.05, 4.69) is 18.8 Å². The summed E-state index contributed by atoms with van der Waals surface area (Å²) in [6.45, 7) is 5.74. The second kappa shape index (κ2) is 4.42. The molecule has 0 unspecified atom stereocenters. The first-order valence-corrected chi connectivity index (χ1v) is 5.12. The van der Waals surface area contributed by atoms with E-state index in [0.29, 0.717) is 10.9 Å². The summed E-state index contributed by atoms with van der Waals surface area (Å²) in [5.41, 5.74) is 0.547. The monoisotopic (exact) mass is 195 g/mol. The fourth-order valence-electron chi connectivity index (χ4n) is 0.918. The zero-order valence-corrected chi connectivity index (χ0v) is 8.89. The van der Waals surface area contributed by atoms with E-state index in [1.54, 1.807) is 17.8 Å². The second-order valence-electron chi connectivity index (χ2n) is 3.08. The number of hydrogen-bond acceptors (Lipinski definition) is 3. The van der Waals surface area contributed by atoms with Crippen LogP contribution in [0.25, 0.3) is 0 Å². The van der Waals surface area contributed by atoms with Gasteiger partial charge in [0.1, 0.15) is 5.69 Å². The minimum Gasteiger partial charge on any atom is -0.293 e. The lowest BCUT2D eigenvalue weighted by atomic mass is 10.3. The van der Waals surface area contributed by atoms with Crippen molar-refractivity contribution in [3.8, 4) is 0 Å². The van der Waals surface area contributed by atoms with Gasteiger partial charge in [0, 0.05) is 12.2 Å². The second-order valence-corrected chi connectivity index (χ2v) is 4.68. The molecule has 0 radical (unpaired) electrons. The van der Waals surface area contributed by atoms with Gasteiger partial charge >= 0.3 is 0 Å². The zero-order chi connectivity index (χ0) is 9.84. The van der Waals surface area contributed by atoms with Gasteiger partial charge in [0.25, 0.3) is 0 Å². The number of nitrogens with zero attached hydrogens (tertiary/aromatic N) is 1. The summed E-state index contributed by atoms with van der Waals surface area (Å²) in [6, 6.07) is 5.54. The summed E-state index contributed by atoms with van der Waals surface area (Å²) >= 11 is 1.67. The van der Waals surface area contributed by atoms with E-state index in [4.69, 9.17) is 0 Å². The third-order valence-corrected chi connectivity index (χ3v) is 2.38. The third kappa shape index (κ3) is 3.19. The van der Waals surface area contributed by atoms with Crippen molar-refractivity contribution in [2.24, 2.45) is 0 Å². The number of hydrogen-bond donors (Lipinski definition) is 0. The summed E-state index contributed by atoms with van der Waals surface area (Å²) in [4.78, 5) is 15.2. The van der Waals surface area contributed by atoms with Crippen molar-refractivity contribution in [2.75, 3.05) is 0 Å². The van der Waals surface area contributed by atoms with Crippen molar-refractivity contribution in [3.63, 3.8) is 0 Å². The van der Waals surface area contributed by atoms with Gasteiger partial charge < -0.3 is 0 Å². The van der Waals surface area contributed by atoms with Gasteiger partial charge in [0.2, 0.25) is 0 Å². The number of carbonyl (C=O) groups excluding carboxylic acids is 1. The Morgan fingerprint density at radius 3 is 2.69 bits per heavy atom. The highest BCUT2D eigenvalue weighted by molar-refractivity contribution is 7.99. The first-order valence-electron chi connectivity index (χ1n) is 4.24. The van der Waals surface area contributed by atoms with Crippen LogP contribution in [0.5, 0.6) is 0 Å². The molecular weight excluding hydrogens is 182 g/mol. The Bertz CT molecular complexity index is 310. The van der Waals surface area contributed by atoms with Gasteiger partial charge in [0.05, 0.1) is 5.03 Å². The average Bonchev–Trinajstić information content (AvgIpc) is 2.03. The van der Waals surface area contributed by atoms with Crippen LogP contribution in [0, 0.1) is 0 Å². The maximum absolute atomic E-state index is 11.0. The molecule has 2 nitrogen and oxygen atoms in total. The Balaban J connectivity index is 2.85. The standard InChI is InChI=1S/C10H13NOS/c1-7(2)13-10-6-4-5-9(11-10)8(3)12/h4-7H,1-3H3. The van der Waals surface area contributed by atoms with Crippen molar-refractivity contribution in [1.82, 2.24) is 4.98 Å². The molecular formula is C10H13NOS. The molecule has 70 valence electrons. The number of carbonyl (C=O) groups is 1. The Kier molecular flexibility index (Phi) is 3.48. The summed E-state index contributed by atoms with van der Waals surface area (Å²) in [5, 5.41) is 1.41. The van der Waals surface area contributed by atoms with Crippen LogP contribution in [-0.4, -0.2) is 16.0 Å². The lowest BCUT2D eigenvalue weighted by molar-refractivity contribution is 0.101. The number of aromatic nitrogens is 1. The van der Waals surface area contributed by atoms with Crippen LogP contribution in [0.2, 0.25) is 0 Å². The van der Waals surface area contributed by atoms with Crippen LogP contribution < -0.4 is 0 Å². The minimum atomic E-state index is 0.0196. The van der Waals surface area contributed by atoms with E-state index < -0.39 is 0 Å². The summed E-state index contributed by atoms with van der Waals surface area (Å²) in [7, 11) is 0. The topological polar surface area (TPSA) is 30.0 Å². The molecule has 3 heteroatoms. The van der Waals surface area contributed by atoms with Gasteiger partial charge in [-0.2, -0.15) is 0 Å². The molecule has 0 atom stereocenters. The van der Waals surface area contributed by atoms with Crippen LogP contribution in [0.4, 0.5) is 0 Å². The molecule has 1 heterocycles. The van der Waals surface area contributed by atoms with E-state index in [1.165, 1.54) is 6.92 Å². The number of Topliss-reactive ketones (excluding diaryl/α,β-unsaturated/α-hetero) is 1. The molecule has 0 N–H and O–H groups in total. The van der Waals surface area contributed by atoms with E-state index in [-0.39, 0.29) is 5.78 Å². The van der Waals surface area contributed by atoms with Gasteiger partial charge in [-0.1, -0.05) is 19.9 Å². The summed E-state index contributed by atoms with van der Waals surface area (Å²) in [6.07, 6.45) is 0. The summed E-state index contributed by atoms with van der Waals surface area (Å²) < 4.78 is 0. The van der Waals surface area contributed by atoms with Crippen LogP contribution in [-0.2, 0) is 0 Å². The largest absolute Gasteiger partial charge is 0.293 e. The van der Waals surface area contributed by atoms with E-state index >= 15 is 0 Å². The maximum atomic E-state index is 11.0. The molecule has 0 aromatic carbocycles. The summed E-state index contributed by atoms with van der Waals surface area (Å²) in [5.74, 6) is 0.0196. The van der Waals surface area contributed by atoms with Gasteiger partial charge in [-0.25, -0.2) is 4.98 Å². The molecule has 0 spiro atoms. The van der Waals surface area contributed by atoms with Crippen molar-refractivity contribution in [1.29, 1.82) is 0 Å². The first kappa shape index (κ1) is 10.3. The highest BCUT2D eigenvalue weighted by Crippen LogP contribution is 2.20. The number of pyridine rings is 1. The lowest BCUT2D eigenvalue weighted by Crippen LogP contribution is -1.98. The third-order valence-electron chi connectivity index (χ3n) is 1.44. The average molecular weight is 195 g/mol. The Morgan fingerprint density at radius 2 is 2.15 bits per heavy atom. The van der Waals surface area contributed by atoms with Crippen molar-refractivity contribution < 1.29 is 4.79 Å². The number of rotatable bonds is 3. The van der Waals surface area contributed by atoms with Crippen LogP contribution >= 0.6 is 11.8 Å². The van der Waals surface area contributed by atoms with Crippen molar-refractivity contribution in [2.45, 2.75) is 31.0 Å². The molecule has 13 heavy (non-hydrogen) atoms. The molecule has 0 bridgehead atoms. The normalized spacial score (nSPS) is 10.5. The molecule has 0 aliphatic carbocycles. The van der Waals surface area contributed by atoms with Crippen molar-refractivity contribution in [3.05, 3.63) is 23.9 Å². The quantitative estimate of drug-likeness (QED) is 0.548. The molecule has 0 saturated heterocycles. The zero-order valence-electron chi connectivity index (χ0n) is 8.07. The van der Waals surface area contributed by atoms with Crippen LogP contribution in [0.3, 0.4) is 0 Å². The smallest absolute Gasteiger partial charge is 0.178 e. The lowest BCUT2D eigenvalue weighted by Gasteiger charge is -2.04. The predicted octanol–water partition coefficient (Wildman–Crippen LogP) is 2.78. The van der Waals surface area contributed by atoms with Crippen LogP contribution in [0.1, 0.15) is 31.3 Å². The van der Waals surface area contributed by atoms with Gasteiger partial charge in [0.15, 0.2) is 5.78 Å². The Labute approximate surface area is 82.8 Å². The maximum Gasteiger partial charge on any atom is 0.178 e. The molecule has 0 amide bonds. The highest BCUT2D eigenvalue weighted by atomic mass is 32.2. The fourth-order valence-corrected chi connectivity index (χ4v) is 1.71. The molecule has 1 aromatic heterocycles. The Morgan fingerprint density at radius 1 is 1.46 bits per heavy atom. The first-order chi connectivity index (χ1) is 6.09. The predicted molar refractivity (Wildman–Crippen MR) is 55.2 cm³/mol. The van der Waals surface area contributed by atoms with Crippen LogP contribution in [0.15, 0.2) is 23.2 Å². The van der Waals surface area contributed by atoms with Gasteiger partial charge in [-0.15, -0.1) is 11.8 Å². The number of thioether (sulfide) groups is 1. The minimum absolute atomic E-state index is 0.0196. The molecule has 0 aliphatic heterocycles. The van der Waals surface area contributed by atoms with E-state index in [1.807, 2.05) is 12.1 Å². The van der Waals surface area contributed by atoms with Gasteiger partial charge in [-0.3, -0.25) is 4.79 Å². The number of ketones is 1. The van der Waals surface area contributed by atoms with E-state index in [0.717, 1.165) is 5.03 Å². The SMILES string of the molecule is CC(=O)c1cccc(SC(C)C)n1. The van der Waals surface area contributed by atoms with E-state index in [9.17, 15) is 4.79 Å². The molecule has 0 saturated carbocycles. The highest BCUT2D eigenvalue weighted by Gasteiger charge is 2.03. The Hall–Kier alpha value is -0.830. The molecule has 1 rings (SSSR count). The molecule has 0 fully saturated rings.